The zero-order valence-electron chi connectivity index (χ0n) is 11.5. The van der Waals surface area contributed by atoms with Crippen LogP contribution in [0.15, 0.2) is 12.3 Å². The fraction of sp³-hybridized carbons (Fsp3) is 0.667. The highest BCUT2D eigenvalue weighted by Crippen LogP contribution is 2.46. The molecule has 1 aromatic heterocycles. The first-order valence-corrected chi connectivity index (χ1v) is 7.43. The van der Waals surface area contributed by atoms with Crippen LogP contribution in [0.5, 0.6) is 5.88 Å². The van der Waals surface area contributed by atoms with E-state index in [-0.39, 0.29) is 5.60 Å². The van der Waals surface area contributed by atoms with Crippen molar-refractivity contribution in [2.24, 2.45) is 5.92 Å². The Labute approximate surface area is 114 Å². The average molecular weight is 259 g/mol. The van der Waals surface area contributed by atoms with Gasteiger partial charge in [-0.25, -0.2) is 4.98 Å². The highest BCUT2D eigenvalue weighted by molar-refractivity contribution is 5.49. The Bertz CT molecular complexity index is 496. The van der Waals surface area contributed by atoms with Gasteiger partial charge in [-0.1, -0.05) is 0 Å². The topological polar surface area (TPSA) is 37.4 Å². The molecule has 0 radical (unpaired) electrons. The number of hydrogen-bond acceptors (Lipinski definition) is 4. The summed E-state index contributed by atoms with van der Waals surface area (Å²) in [7, 11) is 0. The van der Waals surface area contributed by atoms with Crippen molar-refractivity contribution in [3.63, 3.8) is 0 Å². The highest BCUT2D eigenvalue weighted by Gasteiger charge is 2.52. The SMILES string of the molecule is CCNc1cnc2c(c1)CC1(CN3CCC1CC3)O2. The van der Waals surface area contributed by atoms with Gasteiger partial charge < -0.3 is 10.1 Å². The minimum Gasteiger partial charge on any atom is -0.469 e. The van der Waals surface area contributed by atoms with Crippen LogP contribution in [0.2, 0.25) is 0 Å². The van der Waals surface area contributed by atoms with Crippen LogP contribution in [0.1, 0.15) is 25.3 Å². The third kappa shape index (κ3) is 1.73. The lowest BCUT2D eigenvalue weighted by atomic mass is 9.73. The summed E-state index contributed by atoms with van der Waals surface area (Å²) < 4.78 is 6.32. The van der Waals surface area contributed by atoms with Gasteiger partial charge in [0, 0.05) is 31.0 Å². The zero-order chi connectivity index (χ0) is 12.9. The second-order valence-corrected chi connectivity index (χ2v) is 6.11. The zero-order valence-corrected chi connectivity index (χ0v) is 11.5. The Balaban J connectivity index is 1.63. The Kier molecular flexibility index (Phi) is 2.49. The number of ether oxygens (including phenoxy) is 1. The van der Waals surface area contributed by atoms with E-state index in [1.54, 1.807) is 0 Å². The number of pyridine rings is 1. The van der Waals surface area contributed by atoms with E-state index in [1.807, 2.05) is 6.20 Å². The third-order valence-electron chi connectivity index (χ3n) is 4.92. The van der Waals surface area contributed by atoms with Crippen LogP contribution in [0, 0.1) is 5.92 Å². The maximum atomic E-state index is 6.32. The molecule has 2 bridgehead atoms. The molecule has 0 saturated carbocycles. The van der Waals surface area contributed by atoms with Gasteiger partial charge in [0.05, 0.1) is 11.9 Å². The van der Waals surface area contributed by atoms with E-state index in [9.17, 15) is 0 Å². The molecule has 3 saturated heterocycles. The Morgan fingerprint density at radius 1 is 1.47 bits per heavy atom. The van der Waals surface area contributed by atoms with E-state index in [4.69, 9.17) is 4.74 Å². The van der Waals surface area contributed by atoms with Crippen molar-refractivity contribution < 1.29 is 4.74 Å². The number of anilines is 1. The molecule has 1 atom stereocenters. The minimum atomic E-state index is 0.0245. The minimum absolute atomic E-state index is 0.0245. The van der Waals surface area contributed by atoms with Crippen molar-refractivity contribution in [3.05, 3.63) is 17.8 Å². The van der Waals surface area contributed by atoms with Crippen LogP contribution in [-0.2, 0) is 6.42 Å². The Morgan fingerprint density at radius 2 is 2.32 bits per heavy atom. The van der Waals surface area contributed by atoms with Gasteiger partial charge >= 0.3 is 0 Å². The van der Waals surface area contributed by atoms with Crippen LogP contribution in [0.4, 0.5) is 5.69 Å². The second-order valence-electron chi connectivity index (χ2n) is 6.11. The molecule has 4 aliphatic rings. The van der Waals surface area contributed by atoms with E-state index in [0.29, 0.717) is 5.92 Å². The summed E-state index contributed by atoms with van der Waals surface area (Å²) in [6, 6.07) is 2.22. The molecule has 4 heteroatoms. The molecule has 4 aliphatic heterocycles. The fourth-order valence-electron chi connectivity index (χ4n) is 4.01. The molecule has 4 nitrogen and oxygen atoms in total. The predicted octanol–water partition coefficient (Wildman–Crippen LogP) is 1.91. The van der Waals surface area contributed by atoms with Crippen molar-refractivity contribution in [3.8, 4) is 5.88 Å². The molecule has 0 amide bonds. The lowest BCUT2D eigenvalue weighted by molar-refractivity contribution is -0.0814. The lowest BCUT2D eigenvalue weighted by Gasteiger charge is -2.50. The maximum absolute atomic E-state index is 6.32. The first-order chi connectivity index (χ1) is 9.29. The van der Waals surface area contributed by atoms with Crippen molar-refractivity contribution >= 4 is 5.69 Å². The summed E-state index contributed by atoms with van der Waals surface area (Å²) in [5.74, 6) is 1.59. The van der Waals surface area contributed by atoms with Gasteiger partial charge in [-0.2, -0.15) is 0 Å². The van der Waals surface area contributed by atoms with Gasteiger partial charge in [-0.15, -0.1) is 0 Å². The first-order valence-electron chi connectivity index (χ1n) is 7.43. The average Bonchev–Trinajstić information content (AvgIpc) is 2.77. The quantitative estimate of drug-likeness (QED) is 0.880. The van der Waals surface area contributed by atoms with Crippen molar-refractivity contribution in [2.45, 2.75) is 31.8 Å². The molecule has 1 unspecified atom stereocenters. The number of nitrogens with zero attached hydrogens (tertiary/aromatic N) is 2. The van der Waals surface area contributed by atoms with Crippen molar-refractivity contribution in [1.29, 1.82) is 0 Å². The lowest BCUT2D eigenvalue weighted by Crippen LogP contribution is -2.61. The number of fused-ring (bicyclic) bond motifs is 3. The van der Waals surface area contributed by atoms with Gasteiger partial charge in [0.15, 0.2) is 0 Å². The molecule has 0 aromatic carbocycles. The maximum Gasteiger partial charge on any atom is 0.217 e. The Morgan fingerprint density at radius 3 is 3.00 bits per heavy atom. The largest absolute Gasteiger partial charge is 0.469 e. The molecule has 1 N–H and O–H groups in total. The van der Waals surface area contributed by atoms with Crippen LogP contribution < -0.4 is 10.1 Å². The number of piperidine rings is 3. The smallest absolute Gasteiger partial charge is 0.217 e. The predicted molar refractivity (Wildman–Crippen MR) is 74.6 cm³/mol. The van der Waals surface area contributed by atoms with Gasteiger partial charge in [0.1, 0.15) is 5.60 Å². The summed E-state index contributed by atoms with van der Waals surface area (Å²) in [5.41, 5.74) is 2.42. The summed E-state index contributed by atoms with van der Waals surface area (Å²) in [4.78, 5) is 7.06. The molecule has 1 aromatic rings. The van der Waals surface area contributed by atoms with E-state index in [2.05, 4.69) is 28.2 Å². The van der Waals surface area contributed by atoms with Crippen molar-refractivity contribution in [1.82, 2.24) is 9.88 Å². The van der Waals surface area contributed by atoms with E-state index in [0.717, 1.165) is 31.1 Å². The molecular formula is C15H21N3O. The molecule has 102 valence electrons. The molecule has 19 heavy (non-hydrogen) atoms. The van der Waals surface area contributed by atoms with Gasteiger partial charge in [-0.05, 0) is 38.9 Å². The van der Waals surface area contributed by atoms with Crippen LogP contribution in [-0.4, -0.2) is 41.7 Å². The van der Waals surface area contributed by atoms with Gasteiger partial charge in [0.2, 0.25) is 5.88 Å². The van der Waals surface area contributed by atoms with E-state index < -0.39 is 0 Å². The molecule has 5 rings (SSSR count). The summed E-state index contributed by atoms with van der Waals surface area (Å²) >= 11 is 0. The first kappa shape index (κ1) is 11.5. The van der Waals surface area contributed by atoms with Gasteiger partial charge in [-0.3, -0.25) is 4.90 Å². The van der Waals surface area contributed by atoms with E-state index >= 15 is 0 Å². The number of rotatable bonds is 2. The summed E-state index contributed by atoms with van der Waals surface area (Å²) in [6.45, 7) is 6.64. The summed E-state index contributed by atoms with van der Waals surface area (Å²) in [6.07, 6.45) is 5.50. The number of nitrogens with one attached hydrogen (secondary N) is 1. The van der Waals surface area contributed by atoms with Crippen LogP contribution in [0.25, 0.3) is 0 Å². The van der Waals surface area contributed by atoms with Crippen molar-refractivity contribution in [2.75, 3.05) is 31.5 Å². The molecule has 3 fully saturated rings. The fourth-order valence-corrected chi connectivity index (χ4v) is 4.01. The number of aromatic nitrogens is 1. The molecule has 0 aliphatic carbocycles. The molecular weight excluding hydrogens is 238 g/mol. The van der Waals surface area contributed by atoms with E-state index in [1.165, 1.54) is 31.5 Å². The van der Waals surface area contributed by atoms with Gasteiger partial charge in [0.25, 0.3) is 0 Å². The van der Waals surface area contributed by atoms with Crippen LogP contribution in [0.3, 0.4) is 0 Å². The highest BCUT2D eigenvalue weighted by atomic mass is 16.5. The summed E-state index contributed by atoms with van der Waals surface area (Å²) in [5, 5.41) is 3.33. The number of hydrogen-bond donors (Lipinski definition) is 1. The third-order valence-corrected chi connectivity index (χ3v) is 4.92. The molecule has 1 spiro atoms. The normalized spacial score (nSPS) is 35.2. The molecule has 5 heterocycles. The Hall–Kier alpha value is -1.29. The van der Waals surface area contributed by atoms with Crippen LogP contribution >= 0.6 is 0 Å². The monoisotopic (exact) mass is 259 g/mol. The second kappa shape index (κ2) is 4.10. The standard InChI is InChI=1S/C15H21N3O/c1-2-16-13-7-11-8-15(19-14(11)17-9-13)10-18-5-3-12(15)4-6-18/h7,9,12,16H,2-6,8,10H2,1H3.